The summed E-state index contributed by atoms with van der Waals surface area (Å²) in [6.07, 6.45) is 4.82. The van der Waals surface area contributed by atoms with E-state index in [-0.39, 0.29) is 17.2 Å². The minimum Gasteiger partial charge on any atom is -0.494 e. The van der Waals surface area contributed by atoms with Crippen LogP contribution in [-0.2, 0) is 9.59 Å². The number of amides is 2. The molecule has 1 aromatic heterocycles. The van der Waals surface area contributed by atoms with Crippen LogP contribution in [0.3, 0.4) is 0 Å². The number of aromatic nitrogens is 2. The van der Waals surface area contributed by atoms with Gasteiger partial charge in [-0.05, 0) is 36.6 Å². The molecule has 0 radical (unpaired) electrons. The molecule has 2 N–H and O–H groups in total. The predicted molar refractivity (Wildman–Crippen MR) is 164 cm³/mol. The average Bonchev–Trinajstić information content (AvgIpc) is 2.97. The smallest absolute Gasteiger partial charge is 0.247 e. The molecule has 11 heteroatoms. The molecule has 2 amide bonds. The van der Waals surface area contributed by atoms with Crippen molar-refractivity contribution in [3.05, 3.63) is 61.3 Å². The Labute approximate surface area is 245 Å². The highest BCUT2D eigenvalue weighted by molar-refractivity contribution is 7.98. The zero-order valence-electron chi connectivity index (χ0n) is 24.1. The number of anilines is 4. The second-order valence-corrected chi connectivity index (χ2v) is 11.3. The highest BCUT2D eigenvalue weighted by atomic mass is 32.2. The Morgan fingerprint density at radius 1 is 1.10 bits per heavy atom. The molecule has 4 rings (SSSR count). The minimum atomic E-state index is -0.382. The molecule has 2 aromatic carbocycles. The highest BCUT2D eigenvalue weighted by Gasteiger charge is 2.30. The number of rotatable bonds is 9. The van der Waals surface area contributed by atoms with Crippen molar-refractivity contribution in [2.75, 3.05) is 55.1 Å². The van der Waals surface area contributed by atoms with Gasteiger partial charge in [-0.1, -0.05) is 33.4 Å². The van der Waals surface area contributed by atoms with E-state index in [1.807, 2.05) is 50.1 Å². The number of hydrogen-bond acceptors (Lipinski definition) is 9. The van der Waals surface area contributed by atoms with Crippen molar-refractivity contribution in [2.45, 2.75) is 25.7 Å². The number of carbonyl (C=O) groups excluding carboxylic acids is 2. The van der Waals surface area contributed by atoms with Crippen molar-refractivity contribution in [3.63, 3.8) is 0 Å². The number of carbonyl (C=O) groups is 2. The number of ether oxygens (including phenoxy) is 2. The van der Waals surface area contributed by atoms with Gasteiger partial charge in [-0.2, -0.15) is 4.98 Å². The van der Waals surface area contributed by atoms with Crippen LogP contribution in [0.4, 0.5) is 23.0 Å². The lowest BCUT2D eigenvalue weighted by Gasteiger charge is -2.38. The van der Waals surface area contributed by atoms with Crippen LogP contribution in [0.15, 0.2) is 66.2 Å². The normalized spacial score (nSPS) is 13.4. The van der Waals surface area contributed by atoms with Crippen molar-refractivity contribution in [2.24, 2.45) is 5.41 Å². The van der Waals surface area contributed by atoms with Crippen LogP contribution in [0.1, 0.15) is 20.8 Å². The van der Waals surface area contributed by atoms with Gasteiger partial charge in [0.1, 0.15) is 11.5 Å². The van der Waals surface area contributed by atoms with Gasteiger partial charge in [-0.25, -0.2) is 4.98 Å². The van der Waals surface area contributed by atoms with Gasteiger partial charge >= 0.3 is 0 Å². The molecule has 0 saturated carbocycles. The van der Waals surface area contributed by atoms with Crippen LogP contribution in [0.25, 0.3) is 0 Å². The maximum absolute atomic E-state index is 12.7. The van der Waals surface area contributed by atoms with Gasteiger partial charge in [-0.3, -0.25) is 9.59 Å². The molecule has 1 aliphatic heterocycles. The van der Waals surface area contributed by atoms with Gasteiger partial charge in [0, 0.05) is 61.3 Å². The molecule has 0 atom stereocenters. The van der Waals surface area contributed by atoms with Crippen LogP contribution in [-0.4, -0.2) is 66.2 Å². The summed E-state index contributed by atoms with van der Waals surface area (Å²) in [7, 11) is 1.62. The van der Waals surface area contributed by atoms with Crippen molar-refractivity contribution < 1.29 is 19.1 Å². The molecule has 3 aromatic rings. The van der Waals surface area contributed by atoms with E-state index in [9.17, 15) is 9.59 Å². The molecule has 0 unspecified atom stereocenters. The van der Waals surface area contributed by atoms with E-state index < -0.39 is 0 Å². The number of methoxy groups -OCH3 is 1. The predicted octanol–water partition coefficient (Wildman–Crippen LogP) is 5.56. The van der Waals surface area contributed by atoms with Crippen LogP contribution in [0.5, 0.6) is 17.4 Å². The summed E-state index contributed by atoms with van der Waals surface area (Å²) < 4.78 is 11.8. The van der Waals surface area contributed by atoms with Gasteiger partial charge in [0.15, 0.2) is 0 Å². The summed E-state index contributed by atoms with van der Waals surface area (Å²) in [6.45, 7) is 12.2. The van der Waals surface area contributed by atoms with E-state index in [1.165, 1.54) is 17.8 Å². The molecule has 1 fully saturated rings. The van der Waals surface area contributed by atoms with Gasteiger partial charge < -0.3 is 29.9 Å². The summed E-state index contributed by atoms with van der Waals surface area (Å²) >= 11 is 1.46. The summed E-state index contributed by atoms with van der Waals surface area (Å²) in [6, 6.07) is 13.0. The molecule has 1 aliphatic rings. The van der Waals surface area contributed by atoms with E-state index >= 15 is 0 Å². The maximum Gasteiger partial charge on any atom is 0.247 e. The van der Waals surface area contributed by atoms with E-state index in [0.717, 1.165) is 23.7 Å². The second kappa shape index (κ2) is 12.9. The van der Waals surface area contributed by atoms with Gasteiger partial charge in [0.2, 0.25) is 23.6 Å². The average molecular weight is 577 g/mol. The van der Waals surface area contributed by atoms with Gasteiger partial charge in [-0.15, -0.1) is 11.8 Å². The summed E-state index contributed by atoms with van der Waals surface area (Å²) in [4.78, 5) is 38.3. The first-order chi connectivity index (χ1) is 19.6. The van der Waals surface area contributed by atoms with Crippen LogP contribution in [0.2, 0.25) is 0 Å². The number of hydrogen-bond donors (Lipinski definition) is 2. The summed E-state index contributed by atoms with van der Waals surface area (Å²) in [5.41, 5.74) is 1.92. The molecule has 41 heavy (non-hydrogen) atoms. The SMILES string of the molecule is C=CC(=O)Nc1cccc(Oc2nc(Nc3ccc(N4CCN(C(=O)C(C)(C)C)CC4)cc3OC)ncc2SC)c1. The van der Waals surface area contributed by atoms with E-state index in [4.69, 9.17) is 9.47 Å². The van der Waals surface area contributed by atoms with Gasteiger partial charge in [0.05, 0.1) is 17.7 Å². The number of nitrogens with zero attached hydrogens (tertiary/aromatic N) is 4. The number of piperazine rings is 1. The zero-order chi connectivity index (χ0) is 29.6. The first-order valence-electron chi connectivity index (χ1n) is 13.2. The number of nitrogens with one attached hydrogen (secondary N) is 2. The Morgan fingerprint density at radius 3 is 2.51 bits per heavy atom. The molecule has 1 saturated heterocycles. The fourth-order valence-corrected chi connectivity index (χ4v) is 4.73. The standard InChI is InChI=1S/C30H36N6O4S/c1-7-26(37)32-20-9-8-10-22(17-20)40-27-25(41-6)19-31-29(34-27)33-23-12-11-21(18-24(23)39-5)35-13-15-36(16-14-35)28(38)30(2,3)4/h7-12,17-19H,1,13-16H2,2-6H3,(H,32,37)(H,31,33,34). The zero-order valence-corrected chi connectivity index (χ0v) is 24.9. The van der Waals surface area contributed by atoms with E-state index in [0.29, 0.717) is 47.8 Å². The Hall–Kier alpha value is -4.25. The van der Waals surface area contributed by atoms with E-state index in [2.05, 4.69) is 32.1 Å². The molecule has 0 bridgehead atoms. The number of thioether (sulfide) groups is 1. The third kappa shape index (κ3) is 7.49. The highest BCUT2D eigenvalue weighted by Crippen LogP contribution is 2.35. The van der Waals surface area contributed by atoms with Crippen molar-refractivity contribution in [1.29, 1.82) is 0 Å². The first kappa shape index (κ1) is 29.7. The third-order valence-electron chi connectivity index (χ3n) is 6.45. The molecule has 10 nitrogen and oxygen atoms in total. The lowest BCUT2D eigenvalue weighted by molar-refractivity contribution is -0.139. The third-order valence-corrected chi connectivity index (χ3v) is 7.17. The fourth-order valence-electron chi connectivity index (χ4n) is 4.31. The van der Waals surface area contributed by atoms with E-state index in [1.54, 1.807) is 37.6 Å². The first-order valence-corrected chi connectivity index (χ1v) is 14.5. The topological polar surface area (TPSA) is 109 Å². The Morgan fingerprint density at radius 2 is 1.85 bits per heavy atom. The Kier molecular flexibility index (Phi) is 9.38. The summed E-state index contributed by atoms with van der Waals surface area (Å²) in [5, 5.41) is 5.96. The lowest BCUT2D eigenvalue weighted by Crippen LogP contribution is -2.51. The van der Waals surface area contributed by atoms with Crippen LogP contribution in [0, 0.1) is 5.41 Å². The molecule has 216 valence electrons. The number of benzene rings is 2. The van der Waals surface area contributed by atoms with Gasteiger partial charge in [0.25, 0.3) is 0 Å². The van der Waals surface area contributed by atoms with Crippen molar-refractivity contribution in [1.82, 2.24) is 14.9 Å². The molecular formula is C30H36N6O4S. The summed E-state index contributed by atoms with van der Waals surface area (Å²) in [5.74, 6) is 1.74. The van der Waals surface area contributed by atoms with Crippen molar-refractivity contribution in [3.8, 4) is 17.4 Å². The van der Waals surface area contributed by atoms with Crippen LogP contribution < -0.4 is 25.0 Å². The minimum absolute atomic E-state index is 0.178. The molecule has 0 aliphatic carbocycles. The monoisotopic (exact) mass is 576 g/mol. The van der Waals surface area contributed by atoms with Crippen molar-refractivity contribution >= 4 is 46.6 Å². The maximum atomic E-state index is 12.7. The molecule has 2 heterocycles. The quantitative estimate of drug-likeness (QED) is 0.250. The molecular weight excluding hydrogens is 540 g/mol. The molecule has 0 spiro atoms. The lowest BCUT2D eigenvalue weighted by atomic mass is 9.94. The largest absolute Gasteiger partial charge is 0.494 e. The van der Waals surface area contributed by atoms with Crippen LogP contribution >= 0.6 is 11.8 Å². The Balaban J connectivity index is 1.48. The second-order valence-electron chi connectivity index (χ2n) is 10.4. The fraction of sp³-hybridized carbons (Fsp3) is 0.333. The Bertz CT molecular complexity index is 1420.